The topological polar surface area (TPSA) is 55.1 Å². The van der Waals surface area contributed by atoms with E-state index >= 15 is 0 Å². The van der Waals surface area contributed by atoms with Crippen molar-refractivity contribution < 1.29 is 23.1 Å². The highest BCUT2D eigenvalue weighted by molar-refractivity contribution is 6.35. The summed E-state index contributed by atoms with van der Waals surface area (Å²) >= 11 is 6.09. The van der Waals surface area contributed by atoms with Crippen LogP contribution in [0.2, 0.25) is 5.02 Å². The number of aliphatic hydroxyl groups excluding tert-OH is 1. The molecule has 0 atom stereocenters. The van der Waals surface area contributed by atoms with Crippen molar-refractivity contribution >= 4 is 17.4 Å². The van der Waals surface area contributed by atoms with Gasteiger partial charge in [-0.1, -0.05) is 23.7 Å². The second kappa shape index (κ2) is 7.41. The first-order chi connectivity index (χ1) is 13.1. The second-order valence-electron chi connectivity index (χ2n) is 6.23. The molecule has 8 heteroatoms. The van der Waals surface area contributed by atoms with Crippen LogP contribution in [0.1, 0.15) is 38.7 Å². The maximum atomic E-state index is 13.3. The number of rotatable bonds is 4. The molecule has 0 aliphatic carbocycles. The fraction of sp³-hybridized carbons (Fsp3) is 0.200. The molecule has 0 radical (unpaired) electrons. The second-order valence-corrected chi connectivity index (χ2v) is 6.64. The van der Waals surface area contributed by atoms with E-state index in [-0.39, 0.29) is 27.7 Å². The molecule has 0 bridgehead atoms. The molecule has 0 aliphatic heterocycles. The summed E-state index contributed by atoms with van der Waals surface area (Å²) < 4.78 is 41.3. The maximum absolute atomic E-state index is 13.3. The van der Waals surface area contributed by atoms with Gasteiger partial charge in [-0.3, -0.25) is 9.36 Å². The molecule has 0 saturated heterocycles. The van der Waals surface area contributed by atoms with Gasteiger partial charge in [0, 0.05) is 16.8 Å². The SMILES string of the molecule is Cc1nc(CO)n(-c2ccc(C(F)(F)F)cc2C(=O)c2ccccc2Cl)c1C. The lowest BCUT2D eigenvalue weighted by atomic mass is 9.98. The first kappa shape index (κ1) is 20.1. The van der Waals surface area contributed by atoms with Gasteiger partial charge >= 0.3 is 6.18 Å². The summed E-state index contributed by atoms with van der Waals surface area (Å²) in [5.74, 6) is -0.427. The van der Waals surface area contributed by atoms with Gasteiger partial charge in [0.15, 0.2) is 5.78 Å². The van der Waals surface area contributed by atoms with Crippen LogP contribution in [0.15, 0.2) is 42.5 Å². The average molecular weight is 409 g/mol. The van der Waals surface area contributed by atoms with Gasteiger partial charge in [-0.15, -0.1) is 0 Å². The number of hydrogen-bond acceptors (Lipinski definition) is 3. The molecule has 3 rings (SSSR count). The van der Waals surface area contributed by atoms with E-state index < -0.39 is 24.1 Å². The van der Waals surface area contributed by atoms with Crippen LogP contribution in [0.4, 0.5) is 13.2 Å². The summed E-state index contributed by atoms with van der Waals surface area (Å²) in [6.45, 7) is 2.99. The number of aromatic nitrogens is 2. The highest BCUT2D eigenvalue weighted by Gasteiger charge is 2.33. The van der Waals surface area contributed by atoms with Crippen LogP contribution in [-0.2, 0) is 12.8 Å². The summed E-state index contributed by atoms with van der Waals surface area (Å²) in [6, 6.07) is 9.06. The zero-order chi connectivity index (χ0) is 20.6. The fourth-order valence-corrected chi connectivity index (χ4v) is 3.21. The van der Waals surface area contributed by atoms with Crippen LogP contribution in [0.25, 0.3) is 5.69 Å². The van der Waals surface area contributed by atoms with E-state index in [1.165, 1.54) is 22.8 Å². The van der Waals surface area contributed by atoms with Gasteiger partial charge in [0.25, 0.3) is 0 Å². The third-order valence-electron chi connectivity index (χ3n) is 4.48. The third kappa shape index (κ3) is 3.55. The molecule has 3 aromatic rings. The molecule has 0 unspecified atom stereocenters. The average Bonchev–Trinajstić information content (AvgIpc) is 2.94. The minimum absolute atomic E-state index is 0.0878. The standard InChI is InChI=1S/C20H16ClF3N2O2/c1-11-12(2)26(18(10-27)25-11)17-8-7-13(20(22,23)24)9-15(17)19(28)14-5-3-4-6-16(14)21/h3-9,27H,10H2,1-2H3. The van der Waals surface area contributed by atoms with E-state index in [0.29, 0.717) is 11.4 Å². The van der Waals surface area contributed by atoms with Crippen LogP contribution in [0.5, 0.6) is 0 Å². The Labute approximate surface area is 164 Å². The summed E-state index contributed by atoms with van der Waals surface area (Å²) in [4.78, 5) is 17.3. The molecule has 146 valence electrons. The summed E-state index contributed by atoms with van der Waals surface area (Å²) in [7, 11) is 0. The zero-order valence-corrected chi connectivity index (χ0v) is 15.8. The third-order valence-corrected chi connectivity index (χ3v) is 4.81. The molecular formula is C20H16ClF3N2O2. The maximum Gasteiger partial charge on any atom is 0.416 e. The Morgan fingerprint density at radius 2 is 1.82 bits per heavy atom. The lowest BCUT2D eigenvalue weighted by Gasteiger charge is -2.17. The minimum atomic E-state index is -4.62. The fourth-order valence-electron chi connectivity index (χ4n) is 2.99. The van der Waals surface area contributed by atoms with Gasteiger partial charge < -0.3 is 5.11 Å². The Kier molecular flexibility index (Phi) is 5.32. The number of halogens is 4. The number of alkyl halides is 3. The van der Waals surface area contributed by atoms with Crippen LogP contribution >= 0.6 is 11.6 Å². The molecule has 1 aromatic heterocycles. The summed E-state index contributed by atoms with van der Waals surface area (Å²) in [6.07, 6.45) is -4.62. The van der Waals surface area contributed by atoms with Crippen LogP contribution < -0.4 is 0 Å². The van der Waals surface area contributed by atoms with Crippen molar-refractivity contribution in [3.8, 4) is 5.69 Å². The Morgan fingerprint density at radius 1 is 1.14 bits per heavy atom. The van der Waals surface area contributed by atoms with Gasteiger partial charge in [0.05, 0.1) is 22.0 Å². The van der Waals surface area contributed by atoms with E-state index in [9.17, 15) is 23.1 Å². The zero-order valence-electron chi connectivity index (χ0n) is 15.0. The van der Waals surface area contributed by atoms with Gasteiger partial charge in [-0.25, -0.2) is 4.98 Å². The number of aryl methyl sites for hydroxylation is 1. The highest BCUT2D eigenvalue weighted by atomic mass is 35.5. The molecule has 1 N–H and O–H groups in total. The van der Waals surface area contributed by atoms with Gasteiger partial charge in [0.2, 0.25) is 0 Å². The predicted octanol–water partition coefficient (Wildman–Crippen LogP) is 4.88. The molecule has 0 fully saturated rings. The van der Waals surface area contributed by atoms with Gasteiger partial charge in [-0.05, 0) is 44.2 Å². The minimum Gasteiger partial charge on any atom is -0.388 e. The van der Waals surface area contributed by atoms with Crippen molar-refractivity contribution in [3.63, 3.8) is 0 Å². The Balaban J connectivity index is 2.30. The lowest BCUT2D eigenvalue weighted by Crippen LogP contribution is -2.14. The first-order valence-corrected chi connectivity index (χ1v) is 8.69. The number of aliphatic hydroxyl groups is 1. The van der Waals surface area contributed by atoms with Gasteiger partial charge in [-0.2, -0.15) is 13.2 Å². The number of hydrogen-bond donors (Lipinski definition) is 1. The van der Waals surface area contributed by atoms with Crippen molar-refractivity contribution in [1.29, 1.82) is 0 Å². The summed E-state index contributed by atoms with van der Waals surface area (Å²) in [5, 5.41) is 9.76. The number of carbonyl (C=O) groups excluding carboxylic acids is 1. The van der Waals surface area contributed by atoms with Crippen LogP contribution in [0.3, 0.4) is 0 Å². The molecule has 0 amide bonds. The normalized spacial score (nSPS) is 11.7. The van der Waals surface area contributed by atoms with Crippen molar-refractivity contribution in [2.24, 2.45) is 0 Å². The number of carbonyl (C=O) groups is 1. The molecule has 4 nitrogen and oxygen atoms in total. The molecular weight excluding hydrogens is 393 g/mol. The molecule has 0 spiro atoms. The molecule has 2 aromatic carbocycles. The van der Waals surface area contributed by atoms with Crippen molar-refractivity contribution in [2.45, 2.75) is 26.6 Å². The van der Waals surface area contributed by atoms with E-state index in [1.807, 2.05) is 0 Å². The summed E-state index contributed by atoms with van der Waals surface area (Å²) in [5.41, 5.74) is 0.353. The van der Waals surface area contributed by atoms with E-state index in [0.717, 1.165) is 12.1 Å². The smallest absolute Gasteiger partial charge is 0.388 e. The molecule has 0 saturated carbocycles. The number of ketones is 1. The van der Waals surface area contributed by atoms with E-state index in [4.69, 9.17) is 11.6 Å². The molecule has 1 heterocycles. The predicted molar refractivity (Wildman–Crippen MR) is 98.8 cm³/mol. The number of benzene rings is 2. The van der Waals surface area contributed by atoms with Crippen LogP contribution in [-0.4, -0.2) is 20.4 Å². The van der Waals surface area contributed by atoms with E-state index in [2.05, 4.69) is 4.98 Å². The number of nitrogens with zero attached hydrogens (tertiary/aromatic N) is 2. The lowest BCUT2D eigenvalue weighted by molar-refractivity contribution is -0.137. The van der Waals surface area contributed by atoms with E-state index in [1.54, 1.807) is 26.0 Å². The first-order valence-electron chi connectivity index (χ1n) is 8.31. The largest absolute Gasteiger partial charge is 0.416 e. The molecule has 28 heavy (non-hydrogen) atoms. The Hall–Kier alpha value is -2.64. The quantitative estimate of drug-likeness (QED) is 0.626. The monoisotopic (exact) mass is 408 g/mol. The number of imidazole rings is 1. The Bertz CT molecular complexity index is 1060. The van der Waals surface area contributed by atoms with Crippen molar-refractivity contribution in [1.82, 2.24) is 9.55 Å². The van der Waals surface area contributed by atoms with Crippen LogP contribution in [0, 0.1) is 13.8 Å². The van der Waals surface area contributed by atoms with Gasteiger partial charge in [0.1, 0.15) is 12.4 Å². The molecule has 0 aliphatic rings. The Morgan fingerprint density at radius 3 is 2.43 bits per heavy atom. The van der Waals surface area contributed by atoms with Crippen molar-refractivity contribution in [2.75, 3.05) is 0 Å². The van der Waals surface area contributed by atoms with Crippen molar-refractivity contribution in [3.05, 3.63) is 81.4 Å². The highest BCUT2D eigenvalue weighted by Crippen LogP contribution is 2.34.